The highest BCUT2D eigenvalue weighted by atomic mass is 32.2. The van der Waals surface area contributed by atoms with Gasteiger partial charge in [-0.05, 0) is 37.1 Å². The number of ether oxygens (including phenoxy) is 1. The van der Waals surface area contributed by atoms with Gasteiger partial charge >= 0.3 is 5.97 Å². The van der Waals surface area contributed by atoms with Crippen molar-refractivity contribution in [1.29, 1.82) is 0 Å². The van der Waals surface area contributed by atoms with Gasteiger partial charge < -0.3 is 10.1 Å². The predicted molar refractivity (Wildman–Crippen MR) is 87.7 cm³/mol. The minimum atomic E-state index is -3.32. The fourth-order valence-electron chi connectivity index (χ4n) is 1.88. The first kappa shape index (κ1) is 19.0. The number of carbonyl (C=O) groups is 2. The number of amides is 1. The lowest BCUT2D eigenvalue weighted by atomic mass is 10.1. The van der Waals surface area contributed by atoms with Crippen LogP contribution in [0.15, 0.2) is 24.3 Å². The third kappa shape index (κ3) is 8.20. The third-order valence-electron chi connectivity index (χ3n) is 3.02. The van der Waals surface area contributed by atoms with Crippen molar-refractivity contribution in [2.45, 2.75) is 25.7 Å². The van der Waals surface area contributed by atoms with E-state index in [2.05, 4.69) is 14.8 Å². The molecule has 0 spiro atoms. The first-order valence-corrected chi connectivity index (χ1v) is 9.14. The highest BCUT2D eigenvalue weighted by Crippen LogP contribution is 2.11. The summed E-state index contributed by atoms with van der Waals surface area (Å²) >= 11 is 0. The lowest BCUT2D eigenvalue weighted by Crippen LogP contribution is -2.24. The van der Waals surface area contributed by atoms with E-state index in [4.69, 9.17) is 0 Å². The number of sulfonamides is 1. The molecule has 0 bridgehead atoms. The van der Waals surface area contributed by atoms with Crippen molar-refractivity contribution >= 4 is 27.6 Å². The van der Waals surface area contributed by atoms with Crippen molar-refractivity contribution in [3.63, 3.8) is 0 Å². The van der Waals surface area contributed by atoms with Gasteiger partial charge in [0.05, 0.1) is 13.4 Å². The van der Waals surface area contributed by atoms with Crippen LogP contribution in [-0.2, 0) is 19.6 Å². The maximum Gasteiger partial charge on any atom is 0.305 e. The Hall–Kier alpha value is -2.09. The molecule has 0 aliphatic heterocycles. The van der Waals surface area contributed by atoms with Gasteiger partial charge in [-0.2, -0.15) is 0 Å². The topological polar surface area (TPSA) is 102 Å². The Balaban J connectivity index is 2.31. The molecule has 0 saturated carbocycles. The smallest absolute Gasteiger partial charge is 0.305 e. The van der Waals surface area contributed by atoms with Crippen LogP contribution < -0.4 is 10.0 Å². The molecule has 0 aromatic heterocycles. The van der Waals surface area contributed by atoms with E-state index >= 15 is 0 Å². The summed E-state index contributed by atoms with van der Waals surface area (Å²) in [4.78, 5) is 22.8. The van der Waals surface area contributed by atoms with Gasteiger partial charge in [-0.15, -0.1) is 0 Å². The van der Waals surface area contributed by atoms with Crippen LogP contribution in [0.1, 0.15) is 36.0 Å². The van der Waals surface area contributed by atoms with Crippen LogP contribution >= 0.6 is 0 Å². The van der Waals surface area contributed by atoms with Crippen LogP contribution in [0, 0.1) is 0 Å². The number of benzene rings is 1. The second kappa shape index (κ2) is 9.14. The largest absolute Gasteiger partial charge is 0.469 e. The Bertz CT molecular complexity index is 626. The van der Waals surface area contributed by atoms with Crippen molar-refractivity contribution in [3.05, 3.63) is 29.8 Å². The standard InChI is InChI=1S/C15H22N2O5S/c1-22-14(18)6-4-3-5-11-16-15(19)12-7-9-13(10-8-12)17-23(2,20)21/h7-10,17H,3-6,11H2,1-2H3,(H,16,19). The van der Waals surface area contributed by atoms with Crippen LogP contribution in [0.25, 0.3) is 0 Å². The molecule has 0 aliphatic rings. The quantitative estimate of drug-likeness (QED) is 0.523. The first-order valence-electron chi connectivity index (χ1n) is 7.24. The van der Waals surface area contributed by atoms with Gasteiger partial charge in [-0.3, -0.25) is 14.3 Å². The lowest BCUT2D eigenvalue weighted by Gasteiger charge is -2.07. The van der Waals surface area contributed by atoms with E-state index in [-0.39, 0.29) is 11.9 Å². The normalized spacial score (nSPS) is 10.9. The maximum atomic E-state index is 11.9. The minimum Gasteiger partial charge on any atom is -0.469 e. The molecule has 1 rings (SSSR count). The molecule has 23 heavy (non-hydrogen) atoms. The van der Waals surface area contributed by atoms with E-state index < -0.39 is 10.0 Å². The van der Waals surface area contributed by atoms with Crippen LogP contribution in [0.5, 0.6) is 0 Å². The Morgan fingerprint density at radius 2 is 1.74 bits per heavy atom. The summed E-state index contributed by atoms with van der Waals surface area (Å²) in [6.45, 7) is 0.517. The summed E-state index contributed by atoms with van der Waals surface area (Å²) in [6.07, 6.45) is 3.78. The molecule has 2 N–H and O–H groups in total. The summed E-state index contributed by atoms with van der Waals surface area (Å²) in [6, 6.07) is 6.18. The number of hydrogen-bond donors (Lipinski definition) is 2. The molecule has 0 aliphatic carbocycles. The Morgan fingerprint density at radius 3 is 2.30 bits per heavy atom. The molecular weight excluding hydrogens is 320 g/mol. The molecule has 128 valence electrons. The van der Waals surface area contributed by atoms with E-state index in [9.17, 15) is 18.0 Å². The van der Waals surface area contributed by atoms with Crippen molar-refractivity contribution in [2.24, 2.45) is 0 Å². The van der Waals surface area contributed by atoms with Crippen LogP contribution in [-0.4, -0.2) is 40.2 Å². The lowest BCUT2D eigenvalue weighted by molar-refractivity contribution is -0.140. The van der Waals surface area contributed by atoms with Gasteiger partial charge in [0.25, 0.3) is 5.91 Å². The monoisotopic (exact) mass is 342 g/mol. The van der Waals surface area contributed by atoms with E-state index in [1.807, 2.05) is 0 Å². The van der Waals surface area contributed by atoms with E-state index in [0.29, 0.717) is 24.2 Å². The summed E-state index contributed by atoms with van der Waals surface area (Å²) in [5.41, 5.74) is 0.866. The van der Waals surface area contributed by atoms with Crippen molar-refractivity contribution in [3.8, 4) is 0 Å². The fraction of sp³-hybridized carbons (Fsp3) is 0.467. The van der Waals surface area contributed by atoms with Gasteiger partial charge in [0, 0.05) is 24.2 Å². The summed E-state index contributed by atoms with van der Waals surface area (Å²) in [7, 11) is -1.96. The number of nitrogens with one attached hydrogen (secondary N) is 2. The zero-order valence-electron chi connectivity index (χ0n) is 13.3. The Kier molecular flexibility index (Phi) is 7.53. The van der Waals surface area contributed by atoms with Gasteiger partial charge in [-0.1, -0.05) is 6.42 Å². The van der Waals surface area contributed by atoms with E-state index in [0.717, 1.165) is 25.5 Å². The van der Waals surface area contributed by atoms with E-state index in [1.54, 1.807) is 12.1 Å². The molecule has 1 aromatic carbocycles. The number of rotatable bonds is 9. The number of hydrogen-bond acceptors (Lipinski definition) is 5. The van der Waals surface area contributed by atoms with Gasteiger partial charge in [0.15, 0.2) is 0 Å². The fourth-order valence-corrected chi connectivity index (χ4v) is 2.45. The zero-order valence-corrected chi connectivity index (χ0v) is 14.1. The highest BCUT2D eigenvalue weighted by molar-refractivity contribution is 7.92. The molecule has 0 saturated heterocycles. The first-order chi connectivity index (χ1) is 10.8. The molecule has 1 amide bonds. The summed E-state index contributed by atoms with van der Waals surface area (Å²) in [5, 5.41) is 2.78. The SMILES string of the molecule is COC(=O)CCCCCNC(=O)c1ccc(NS(C)(=O)=O)cc1. The second-order valence-corrected chi connectivity index (χ2v) is 6.84. The Labute approximate surface area is 136 Å². The molecule has 7 nitrogen and oxygen atoms in total. The molecule has 0 fully saturated rings. The zero-order chi connectivity index (χ0) is 17.3. The average Bonchev–Trinajstić information content (AvgIpc) is 2.49. The molecule has 0 heterocycles. The summed E-state index contributed by atoms with van der Waals surface area (Å²) in [5.74, 6) is -0.444. The van der Waals surface area contributed by atoms with Gasteiger partial charge in [0.2, 0.25) is 10.0 Å². The van der Waals surface area contributed by atoms with Gasteiger partial charge in [0.1, 0.15) is 0 Å². The number of unbranched alkanes of at least 4 members (excludes halogenated alkanes) is 2. The van der Waals surface area contributed by atoms with Crippen molar-refractivity contribution < 1.29 is 22.7 Å². The maximum absolute atomic E-state index is 11.9. The van der Waals surface area contributed by atoms with Crippen LogP contribution in [0.2, 0.25) is 0 Å². The number of esters is 1. The molecule has 0 atom stereocenters. The van der Waals surface area contributed by atoms with E-state index in [1.165, 1.54) is 19.2 Å². The minimum absolute atomic E-state index is 0.219. The van der Waals surface area contributed by atoms with Gasteiger partial charge in [-0.25, -0.2) is 8.42 Å². The summed E-state index contributed by atoms with van der Waals surface area (Å²) < 4.78 is 29.0. The average molecular weight is 342 g/mol. The van der Waals surface area contributed by atoms with Crippen molar-refractivity contribution in [2.75, 3.05) is 24.6 Å². The van der Waals surface area contributed by atoms with Crippen molar-refractivity contribution in [1.82, 2.24) is 5.32 Å². The molecule has 0 unspecified atom stereocenters. The number of methoxy groups -OCH3 is 1. The predicted octanol–water partition coefficient (Wildman–Crippen LogP) is 1.52. The number of anilines is 1. The molecular formula is C15H22N2O5S. The molecule has 8 heteroatoms. The molecule has 0 radical (unpaired) electrons. The highest BCUT2D eigenvalue weighted by Gasteiger charge is 2.06. The van der Waals surface area contributed by atoms with Crippen LogP contribution in [0.4, 0.5) is 5.69 Å². The number of carbonyl (C=O) groups excluding carboxylic acids is 2. The third-order valence-corrected chi connectivity index (χ3v) is 3.63. The second-order valence-electron chi connectivity index (χ2n) is 5.09. The Morgan fingerprint density at radius 1 is 1.09 bits per heavy atom. The molecule has 1 aromatic rings. The van der Waals surface area contributed by atoms with Crippen LogP contribution in [0.3, 0.4) is 0 Å².